The molecule has 1 aliphatic heterocycles. The predicted molar refractivity (Wildman–Crippen MR) is 123 cm³/mol. The number of nitrogens with one attached hydrogen (secondary N) is 1. The van der Waals surface area contributed by atoms with Crippen LogP contribution in [0.4, 0.5) is 0 Å². The lowest BCUT2D eigenvalue weighted by atomic mass is 9.72. The highest BCUT2D eigenvalue weighted by Crippen LogP contribution is 2.40. The molecule has 0 amide bonds. The Morgan fingerprint density at radius 3 is 2.52 bits per heavy atom. The summed E-state index contributed by atoms with van der Waals surface area (Å²) in [5, 5.41) is 10.6. The number of aromatic nitrogens is 2. The molecule has 1 unspecified atom stereocenters. The van der Waals surface area contributed by atoms with Gasteiger partial charge in [-0.1, -0.05) is 41.9 Å². The Balaban J connectivity index is 1.29. The molecule has 0 radical (unpaired) electrons. The highest BCUT2D eigenvalue weighted by Gasteiger charge is 2.35. The lowest BCUT2D eigenvalue weighted by Gasteiger charge is -2.39. The summed E-state index contributed by atoms with van der Waals surface area (Å²) in [6.07, 6.45) is 6.58. The predicted octanol–water partition coefficient (Wildman–Crippen LogP) is 5.15. The van der Waals surface area contributed by atoms with Crippen molar-refractivity contribution in [3.05, 3.63) is 81.4 Å². The van der Waals surface area contributed by atoms with Gasteiger partial charge in [-0.05, 0) is 61.9 Å². The number of piperidine rings is 1. The molecule has 5 rings (SSSR count). The van der Waals surface area contributed by atoms with Crippen LogP contribution in [0.15, 0.2) is 65.1 Å². The van der Waals surface area contributed by atoms with E-state index in [-0.39, 0.29) is 11.7 Å². The SMILES string of the molecule is N#CC1(c2ccc(Cl)cc2)CC=C(N2CCC(n3c(=O)[nH]c4ccccc43)CC2)CC1. The van der Waals surface area contributed by atoms with Crippen molar-refractivity contribution in [3.63, 3.8) is 0 Å². The molecule has 1 fully saturated rings. The van der Waals surface area contributed by atoms with E-state index in [9.17, 15) is 10.1 Å². The molecular weight excluding hydrogens is 408 g/mol. The first-order chi connectivity index (χ1) is 15.1. The fraction of sp³-hybridized carbons (Fsp3) is 0.360. The molecule has 158 valence electrons. The number of aromatic amines is 1. The summed E-state index contributed by atoms with van der Waals surface area (Å²) in [6.45, 7) is 1.87. The number of nitrogens with zero attached hydrogens (tertiary/aromatic N) is 3. The molecule has 1 saturated heterocycles. The molecule has 0 bridgehead atoms. The monoisotopic (exact) mass is 432 g/mol. The van der Waals surface area contributed by atoms with Crippen LogP contribution in [0.1, 0.15) is 43.7 Å². The standard InChI is InChI=1S/C25H25ClN4O/c26-19-7-5-18(6-8-19)25(17-27)13-9-20(10-14-25)29-15-11-21(12-16-29)30-23-4-2-1-3-22(23)28-24(30)31/h1-9,21H,10-16H2,(H,28,31). The number of allylic oxidation sites excluding steroid dienone is 2. The lowest BCUT2D eigenvalue weighted by Crippen LogP contribution is -2.38. The van der Waals surface area contributed by atoms with Crippen molar-refractivity contribution in [3.8, 4) is 6.07 Å². The Labute approximate surface area is 186 Å². The Morgan fingerprint density at radius 1 is 1.10 bits per heavy atom. The van der Waals surface area contributed by atoms with Crippen LogP contribution in [0.5, 0.6) is 0 Å². The average molecular weight is 433 g/mol. The molecule has 2 aromatic carbocycles. The van der Waals surface area contributed by atoms with Crippen LogP contribution in [0, 0.1) is 11.3 Å². The molecule has 2 heterocycles. The topological polar surface area (TPSA) is 64.8 Å². The maximum Gasteiger partial charge on any atom is 0.326 e. The van der Waals surface area contributed by atoms with Crippen molar-refractivity contribution < 1.29 is 0 Å². The quantitative estimate of drug-likeness (QED) is 0.622. The van der Waals surface area contributed by atoms with E-state index in [1.807, 2.05) is 53.1 Å². The summed E-state index contributed by atoms with van der Waals surface area (Å²) in [5.41, 5.74) is 3.79. The number of nitriles is 1. The molecule has 1 N–H and O–H groups in total. The summed E-state index contributed by atoms with van der Waals surface area (Å²) in [4.78, 5) is 17.9. The van der Waals surface area contributed by atoms with E-state index in [0.29, 0.717) is 5.02 Å². The summed E-state index contributed by atoms with van der Waals surface area (Å²) in [7, 11) is 0. The zero-order valence-corrected chi connectivity index (χ0v) is 18.1. The highest BCUT2D eigenvalue weighted by atomic mass is 35.5. The molecular formula is C25H25ClN4O. The van der Waals surface area contributed by atoms with Crippen LogP contribution in [0.25, 0.3) is 11.0 Å². The minimum absolute atomic E-state index is 0.0155. The Morgan fingerprint density at radius 2 is 1.84 bits per heavy atom. The number of para-hydroxylation sites is 2. The average Bonchev–Trinajstić information content (AvgIpc) is 3.15. The number of hydrogen-bond acceptors (Lipinski definition) is 3. The van der Waals surface area contributed by atoms with Gasteiger partial charge in [0.05, 0.1) is 22.5 Å². The Bertz CT molecular complexity index is 1220. The number of fused-ring (bicyclic) bond motifs is 1. The Kier molecular flexibility index (Phi) is 5.11. The summed E-state index contributed by atoms with van der Waals surface area (Å²) >= 11 is 6.03. The molecule has 5 nitrogen and oxygen atoms in total. The second-order valence-corrected chi connectivity index (χ2v) is 9.07. The van der Waals surface area contributed by atoms with Crippen molar-refractivity contribution in [2.24, 2.45) is 0 Å². The van der Waals surface area contributed by atoms with E-state index in [2.05, 4.69) is 22.0 Å². The minimum atomic E-state index is -0.468. The van der Waals surface area contributed by atoms with E-state index in [4.69, 9.17) is 11.6 Å². The molecule has 0 saturated carbocycles. The van der Waals surface area contributed by atoms with Gasteiger partial charge in [0, 0.05) is 29.9 Å². The largest absolute Gasteiger partial charge is 0.375 e. The van der Waals surface area contributed by atoms with Gasteiger partial charge in [0.2, 0.25) is 0 Å². The van der Waals surface area contributed by atoms with Gasteiger partial charge in [-0.25, -0.2) is 4.79 Å². The third-order valence-corrected chi connectivity index (χ3v) is 7.22. The normalized spacial score (nSPS) is 22.3. The van der Waals surface area contributed by atoms with Crippen molar-refractivity contribution in [1.82, 2.24) is 14.5 Å². The first kappa shape index (κ1) is 20.0. The fourth-order valence-electron chi connectivity index (χ4n) is 5.17. The molecule has 2 aliphatic rings. The van der Waals surface area contributed by atoms with Crippen LogP contribution in [-0.2, 0) is 5.41 Å². The van der Waals surface area contributed by atoms with Crippen molar-refractivity contribution in [2.75, 3.05) is 13.1 Å². The van der Waals surface area contributed by atoms with E-state index < -0.39 is 5.41 Å². The first-order valence-corrected chi connectivity index (χ1v) is 11.3. The van der Waals surface area contributed by atoms with Gasteiger partial charge < -0.3 is 9.88 Å². The van der Waals surface area contributed by atoms with Gasteiger partial charge >= 0.3 is 5.69 Å². The highest BCUT2D eigenvalue weighted by molar-refractivity contribution is 6.30. The molecule has 0 spiro atoms. The summed E-state index contributed by atoms with van der Waals surface area (Å²) in [6, 6.07) is 18.4. The van der Waals surface area contributed by atoms with E-state index >= 15 is 0 Å². The van der Waals surface area contributed by atoms with Gasteiger partial charge in [0.1, 0.15) is 0 Å². The number of rotatable bonds is 3. The number of halogens is 1. The van der Waals surface area contributed by atoms with Crippen LogP contribution in [0.3, 0.4) is 0 Å². The molecule has 1 aromatic heterocycles. The molecule has 3 aromatic rings. The zero-order valence-electron chi connectivity index (χ0n) is 17.4. The maximum atomic E-state index is 12.5. The van der Waals surface area contributed by atoms with Crippen LogP contribution < -0.4 is 5.69 Å². The van der Waals surface area contributed by atoms with Crippen molar-refractivity contribution >= 4 is 22.6 Å². The van der Waals surface area contributed by atoms with Gasteiger partial charge in [0.15, 0.2) is 0 Å². The number of imidazole rings is 1. The van der Waals surface area contributed by atoms with Crippen LogP contribution in [-0.4, -0.2) is 27.5 Å². The number of H-pyrrole nitrogens is 1. The lowest BCUT2D eigenvalue weighted by molar-refractivity contribution is 0.215. The molecule has 1 atom stereocenters. The van der Waals surface area contributed by atoms with E-state index in [1.165, 1.54) is 5.70 Å². The smallest absolute Gasteiger partial charge is 0.326 e. The third kappa shape index (κ3) is 3.55. The zero-order chi connectivity index (χ0) is 21.4. The van der Waals surface area contributed by atoms with Gasteiger partial charge in [0.25, 0.3) is 0 Å². The van der Waals surface area contributed by atoms with Gasteiger partial charge in [-0.3, -0.25) is 4.57 Å². The second kappa shape index (κ2) is 7.94. The van der Waals surface area contributed by atoms with Gasteiger partial charge in [-0.2, -0.15) is 5.26 Å². The van der Waals surface area contributed by atoms with Gasteiger partial charge in [-0.15, -0.1) is 0 Å². The van der Waals surface area contributed by atoms with E-state index in [1.54, 1.807) is 0 Å². The summed E-state index contributed by atoms with van der Waals surface area (Å²) in [5.74, 6) is 0. The fourth-order valence-corrected chi connectivity index (χ4v) is 5.30. The van der Waals surface area contributed by atoms with Crippen molar-refractivity contribution in [1.29, 1.82) is 5.26 Å². The molecule has 6 heteroatoms. The number of likely N-dealkylation sites (tertiary alicyclic amines) is 1. The maximum absolute atomic E-state index is 12.5. The number of hydrogen-bond donors (Lipinski definition) is 1. The third-order valence-electron chi connectivity index (χ3n) is 6.96. The second-order valence-electron chi connectivity index (χ2n) is 8.64. The van der Waals surface area contributed by atoms with E-state index in [0.717, 1.165) is 61.8 Å². The summed E-state index contributed by atoms with van der Waals surface area (Å²) < 4.78 is 1.93. The van der Waals surface area contributed by atoms with Crippen molar-refractivity contribution in [2.45, 2.75) is 43.6 Å². The van der Waals surface area contributed by atoms with Crippen LogP contribution >= 0.6 is 11.6 Å². The first-order valence-electron chi connectivity index (χ1n) is 10.9. The molecule has 1 aliphatic carbocycles. The van der Waals surface area contributed by atoms with Crippen LogP contribution in [0.2, 0.25) is 5.02 Å². The Hall–Kier alpha value is -2.97. The minimum Gasteiger partial charge on any atom is -0.375 e. The number of benzene rings is 2. The molecule has 31 heavy (non-hydrogen) atoms.